The number of amides is 1. The molecule has 0 atom stereocenters. The molecule has 0 bridgehead atoms. The molecule has 0 radical (unpaired) electrons. The molecule has 0 aliphatic carbocycles. The highest BCUT2D eigenvalue weighted by Crippen LogP contribution is 2.28. The van der Waals surface area contributed by atoms with Gasteiger partial charge in [-0.25, -0.2) is 0 Å². The number of pyridine rings is 1. The van der Waals surface area contributed by atoms with E-state index in [2.05, 4.69) is 20.5 Å². The lowest BCUT2D eigenvalue weighted by Gasteiger charge is -2.12. The van der Waals surface area contributed by atoms with Gasteiger partial charge < -0.3 is 10.3 Å². The van der Waals surface area contributed by atoms with Crippen molar-refractivity contribution in [2.24, 2.45) is 10.2 Å². The van der Waals surface area contributed by atoms with Gasteiger partial charge in [0.05, 0.1) is 11.4 Å². The number of aromatic nitrogens is 1. The van der Waals surface area contributed by atoms with Crippen LogP contribution < -0.4 is 10.9 Å². The Morgan fingerprint density at radius 1 is 1.03 bits per heavy atom. The molecule has 1 heterocycles. The summed E-state index contributed by atoms with van der Waals surface area (Å²) in [5, 5.41) is 20.7. The molecule has 0 fully saturated rings. The zero-order valence-corrected chi connectivity index (χ0v) is 18.6. The molecule has 0 saturated heterocycles. The van der Waals surface area contributed by atoms with Gasteiger partial charge in [-0.1, -0.05) is 23.8 Å². The Balaban J connectivity index is 1.75. The monoisotopic (exact) mass is 427 g/mol. The third-order valence-corrected chi connectivity index (χ3v) is 5.26. The van der Waals surface area contributed by atoms with Gasteiger partial charge in [-0.15, -0.1) is 5.11 Å². The molecule has 1 aromatic heterocycles. The fourth-order valence-electron chi connectivity index (χ4n) is 3.42. The maximum absolute atomic E-state index is 12.7. The molecule has 0 unspecified atom stereocenters. The van der Waals surface area contributed by atoms with Gasteiger partial charge in [0.2, 0.25) is 5.91 Å². The number of aromatic amines is 1. The van der Waals surface area contributed by atoms with Gasteiger partial charge in [0, 0.05) is 12.1 Å². The summed E-state index contributed by atoms with van der Waals surface area (Å²) in [4.78, 5) is 27.2. The van der Waals surface area contributed by atoms with Gasteiger partial charge >= 0.3 is 0 Å². The Labute approximate surface area is 186 Å². The van der Waals surface area contributed by atoms with Gasteiger partial charge in [0.15, 0.2) is 0 Å². The molecule has 162 valence electrons. The fraction of sp³-hybridized carbons (Fsp3) is 0.240. The largest absolute Gasteiger partial charge is 0.325 e. The number of azo groups is 1. The molecule has 3 rings (SSSR count). The smallest absolute Gasteiger partial charge is 0.266 e. The van der Waals surface area contributed by atoms with Crippen molar-refractivity contribution in [2.75, 3.05) is 5.32 Å². The maximum atomic E-state index is 12.7. The van der Waals surface area contributed by atoms with E-state index in [0.29, 0.717) is 29.1 Å². The predicted molar refractivity (Wildman–Crippen MR) is 125 cm³/mol. The topological polar surface area (TPSA) is 110 Å². The lowest BCUT2D eigenvalue weighted by atomic mass is 9.99. The van der Waals surface area contributed by atoms with Crippen molar-refractivity contribution in [3.63, 3.8) is 0 Å². The van der Waals surface area contributed by atoms with E-state index in [-0.39, 0.29) is 17.9 Å². The van der Waals surface area contributed by atoms with Crippen LogP contribution in [0.2, 0.25) is 0 Å². The molecule has 0 spiro atoms. The second-order valence-electron chi connectivity index (χ2n) is 7.77. The number of nitrogens with zero attached hydrogens (tertiary/aromatic N) is 3. The number of H-pyrrole nitrogens is 1. The van der Waals surface area contributed by atoms with Crippen molar-refractivity contribution in [1.29, 1.82) is 5.26 Å². The molecule has 1 amide bonds. The number of carbonyl (C=O) groups is 1. The molecular weight excluding hydrogens is 402 g/mol. The number of aryl methyl sites for hydroxylation is 3. The average molecular weight is 428 g/mol. The van der Waals surface area contributed by atoms with Crippen LogP contribution in [-0.4, -0.2) is 10.9 Å². The Hall–Kier alpha value is -4.05. The molecule has 0 saturated carbocycles. The summed E-state index contributed by atoms with van der Waals surface area (Å²) in [6.07, 6.45) is 0.599. The van der Waals surface area contributed by atoms with E-state index in [9.17, 15) is 14.9 Å². The summed E-state index contributed by atoms with van der Waals surface area (Å²) in [5.74, 6) is -0.191. The summed E-state index contributed by atoms with van der Waals surface area (Å²) in [5.41, 5.74) is 5.79. The molecule has 3 aromatic rings. The van der Waals surface area contributed by atoms with Crippen LogP contribution in [0.25, 0.3) is 0 Å². The van der Waals surface area contributed by atoms with E-state index in [1.165, 1.54) is 0 Å². The van der Waals surface area contributed by atoms with Gasteiger partial charge in [-0.2, -0.15) is 10.4 Å². The third kappa shape index (κ3) is 5.35. The number of rotatable bonds is 6. The summed E-state index contributed by atoms with van der Waals surface area (Å²) in [6, 6.07) is 15.2. The number of anilines is 1. The minimum Gasteiger partial charge on any atom is -0.325 e. The molecule has 7 nitrogen and oxygen atoms in total. The summed E-state index contributed by atoms with van der Waals surface area (Å²) >= 11 is 0. The highest BCUT2D eigenvalue weighted by molar-refractivity contribution is 5.93. The first-order chi connectivity index (χ1) is 15.3. The van der Waals surface area contributed by atoms with Crippen molar-refractivity contribution < 1.29 is 4.79 Å². The van der Waals surface area contributed by atoms with Crippen LogP contribution in [0.5, 0.6) is 0 Å². The quantitative estimate of drug-likeness (QED) is 0.509. The number of nitriles is 1. The predicted octanol–water partition coefficient (Wildman–Crippen LogP) is 5.47. The molecule has 7 heteroatoms. The minimum absolute atomic E-state index is 0.0864. The van der Waals surface area contributed by atoms with E-state index < -0.39 is 5.56 Å². The highest BCUT2D eigenvalue weighted by Gasteiger charge is 2.14. The lowest BCUT2D eigenvalue weighted by Crippen LogP contribution is -2.18. The zero-order valence-electron chi connectivity index (χ0n) is 18.6. The molecule has 2 aromatic carbocycles. The second-order valence-corrected chi connectivity index (χ2v) is 7.77. The van der Waals surface area contributed by atoms with Crippen molar-refractivity contribution >= 4 is 23.0 Å². The van der Waals surface area contributed by atoms with Crippen LogP contribution in [0.1, 0.15) is 39.9 Å². The fourth-order valence-corrected chi connectivity index (χ4v) is 3.42. The van der Waals surface area contributed by atoms with Crippen molar-refractivity contribution in [3.8, 4) is 6.07 Å². The highest BCUT2D eigenvalue weighted by atomic mass is 16.1. The SMILES string of the molecule is Cc1ccc(N=Nc2cc(C)ccc2NC(=O)CCc2c(C)[nH]c(=O)c(C#N)c2C)cc1. The Kier molecular flexibility index (Phi) is 6.96. The van der Waals surface area contributed by atoms with E-state index in [1.807, 2.05) is 56.3 Å². The molecule has 0 aliphatic rings. The van der Waals surface area contributed by atoms with Crippen LogP contribution in [0.4, 0.5) is 17.1 Å². The van der Waals surface area contributed by atoms with Crippen LogP contribution in [-0.2, 0) is 11.2 Å². The zero-order chi connectivity index (χ0) is 23.3. The van der Waals surface area contributed by atoms with Crippen molar-refractivity contribution in [3.05, 3.63) is 86.3 Å². The van der Waals surface area contributed by atoms with E-state index >= 15 is 0 Å². The van der Waals surface area contributed by atoms with Crippen LogP contribution in [0.15, 0.2) is 57.5 Å². The maximum Gasteiger partial charge on any atom is 0.266 e. The van der Waals surface area contributed by atoms with Gasteiger partial charge in [0.25, 0.3) is 5.56 Å². The number of benzene rings is 2. The van der Waals surface area contributed by atoms with Crippen LogP contribution in [0, 0.1) is 39.0 Å². The molecule has 2 N–H and O–H groups in total. The number of carbonyl (C=O) groups excluding carboxylic acids is 1. The molecular formula is C25H25N5O2. The third-order valence-electron chi connectivity index (χ3n) is 5.26. The van der Waals surface area contributed by atoms with E-state index in [4.69, 9.17) is 0 Å². The van der Waals surface area contributed by atoms with Crippen molar-refractivity contribution in [1.82, 2.24) is 4.98 Å². The summed E-state index contributed by atoms with van der Waals surface area (Å²) < 4.78 is 0. The minimum atomic E-state index is -0.404. The Bertz CT molecular complexity index is 1280. The van der Waals surface area contributed by atoms with Crippen LogP contribution in [0.3, 0.4) is 0 Å². The first kappa shape index (κ1) is 22.6. The van der Waals surface area contributed by atoms with Gasteiger partial charge in [-0.3, -0.25) is 9.59 Å². The standard InChI is InChI=1S/C25H25N5O2/c1-15-5-8-19(9-6-15)29-30-23-13-16(2)7-11-22(23)28-24(31)12-10-20-17(3)21(14-26)25(32)27-18(20)4/h5-9,11,13H,10,12H2,1-4H3,(H,27,32)(H,28,31). The lowest BCUT2D eigenvalue weighted by molar-refractivity contribution is -0.116. The summed E-state index contributed by atoms with van der Waals surface area (Å²) in [7, 11) is 0. The Morgan fingerprint density at radius 2 is 1.72 bits per heavy atom. The van der Waals surface area contributed by atoms with Gasteiger partial charge in [-0.05, 0) is 75.1 Å². The normalized spacial score (nSPS) is 10.8. The van der Waals surface area contributed by atoms with E-state index in [0.717, 1.165) is 22.4 Å². The van der Waals surface area contributed by atoms with Crippen molar-refractivity contribution in [2.45, 2.75) is 40.5 Å². The van der Waals surface area contributed by atoms with Gasteiger partial charge in [0.1, 0.15) is 17.3 Å². The van der Waals surface area contributed by atoms with E-state index in [1.54, 1.807) is 19.9 Å². The average Bonchev–Trinajstić information content (AvgIpc) is 2.75. The number of hydrogen-bond donors (Lipinski definition) is 2. The molecule has 0 aliphatic heterocycles. The Morgan fingerprint density at radius 3 is 2.41 bits per heavy atom. The number of hydrogen-bond acceptors (Lipinski definition) is 5. The van der Waals surface area contributed by atoms with Crippen LogP contribution >= 0.6 is 0 Å². The first-order valence-corrected chi connectivity index (χ1v) is 10.3. The first-order valence-electron chi connectivity index (χ1n) is 10.3. The summed E-state index contributed by atoms with van der Waals surface area (Å²) in [6.45, 7) is 7.46. The number of nitrogens with one attached hydrogen (secondary N) is 2. The second kappa shape index (κ2) is 9.84. The molecule has 32 heavy (non-hydrogen) atoms.